The van der Waals surface area contributed by atoms with Crippen LogP contribution in [-0.4, -0.2) is 43.3 Å². The maximum absolute atomic E-state index is 11.3. The summed E-state index contributed by atoms with van der Waals surface area (Å²) in [6, 6.07) is 0. The van der Waals surface area contributed by atoms with Gasteiger partial charge in [-0.2, -0.15) is 0 Å². The first-order valence-corrected chi connectivity index (χ1v) is 6.95. The van der Waals surface area contributed by atoms with Crippen molar-refractivity contribution in [1.29, 1.82) is 0 Å². The molecule has 1 saturated carbocycles. The van der Waals surface area contributed by atoms with Crippen LogP contribution in [0.5, 0.6) is 0 Å². The molecule has 82 valence electrons. The molecular formula is C9H17NO3S. The van der Waals surface area contributed by atoms with Crippen LogP contribution >= 0.6 is 0 Å². The number of aliphatic hydroxyl groups is 1. The Labute approximate surface area is 85.0 Å². The molecule has 1 heterocycles. The maximum atomic E-state index is 11.3. The molecule has 1 aliphatic heterocycles. The molecule has 0 aromatic heterocycles. The van der Waals surface area contributed by atoms with Crippen molar-refractivity contribution < 1.29 is 13.5 Å². The lowest BCUT2D eigenvalue weighted by molar-refractivity contribution is 0.0866. The summed E-state index contributed by atoms with van der Waals surface area (Å²) in [6.07, 6.45) is 3.63. The molecule has 4 nitrogen and oxygen atoms in total. The number of aliphatic hydroxyl groups excluding tert-OH is 1. The summed E-state index contributed by atoms with van der Waals surface area (Å²) in [5.74, 6) is 0.863. The van der Waals surface area contributed by atoms with Crippen molar-refractivity contribution in [3.8, 4) is 0 Å². The number of fused-ring (bicyclic) bond motifs is 1. The third-order valence-corrected chi connectivity index (χ3v) is 4.69. The van der Waals surface area contributed by atoms with Crippen LogP contribution in [0.15, 0.2) is 0 Å². The SMILES string of the molecule is CS(=O)(=O)N1CC2CCC(O)CC2C1. The molecule has 1 aliphatic carbocycles. The van der Waals surface area contributed by atoms with E-state index in [1.165, 1.54) is 6.26 Å². The van der Waals surface area contributed by atoms with Gasteiger partial charge in [-0.15, -0.1) is 0 Å². The summed E-state index contributed by atoms with van der Waals surface area (Å²) < 4.78 is 24.2. The van der Waals surface area contributed by atoms with Gasteiger partial charge in [0.05, 0.1) is 12.4 Å². The van der Waals surface area contributed by atoms with E-state index in [1.54, 1.807) is 4.31 Å². The second kappa shape index (κ2) is 3.47. The Morgan fingerprint density at radius 2 is 1.86 bits per heavy atom. The lowest BCUT2D eigenvalue weighted by Crippen LogP contribution is -2.27. The molecule has 2 aliphatic rings. The van der Waals surface area contributed by atoms with Gasteiger partial charge >= 0.3 is 0 Å². The summed E-state index contributed by atoms with van der Waals surface area (Å²) in [7, 11) is -3.03. The van der Waals surface area contributed by atoms with Gasteiger partial charge in [0.1, 0.15) is 0 Å². The van der Waals surface area contributed by atoms with Crippen molar-refractivity contribution in [2.75, 3.05) is 19.3 Å². The summed E-state index contributed by atoms with van der Waals surface area (Å²) in [4.78, 5) is 0. The smallest absolute Gasteiger partial charge is 0.211 e. The van der Waals surface area contributed by atoms with Crippen LogP contribution in [0.1, 0.15) is 19.3 Å². The van der Waals surface area contributed by atoms with Gasteiger partial charge in [0.15, 0.2) is 0 Å². The number of hydrogen-bond donors (Lipinski definition) is 1. The Morgan fingerprint density at radius 1 is 1.21 bits per heavy atom. The quantitative estimate of drug-likeness (QED) is 0.677. The fourth-order valence-corrected chi connectivity index (χ4v) is 3.56. The fourth-order valence-electron chi connectivity index (χ4n) is 2.63. The van der Waals surface area contributed by atoms with Gasteiger partial charge in [-0.3, -0.25) is 0 Å². The molecule has 1 N–H and O–H groups in total. The number of sulfonamides is 1. The Balaban J connectivity index is 2.06. The molecule has 5 heteroatoms. The standard InChI is InChI=1S/C9H17NO3S/c1-14(12,13)10-5-7-2-3-9(11)4-8(7)6-10/h7-9,11H,2-6H2,1H3. The second-order valence-corrected chi connectivity index (χ2v) is 6.55. The maximum Gasteiger partial charge on any atom is 0.211 e. The van der Waals surface area contributed by atoms with Gasteiger partial charge in [-0.05, 0) is 31.1 Å². The lowest BCUT2D eigenvalue weighted by atomic mass is 9.80. The third-order valence-electron chi connectivity index (χ3n) is 3.46. The minimum Gasteiger partial charge on any atom is -0.393 e. The van der Waals surface area contributed by atoms with E-state index >= 15 is 0 Å². The molecule has 2 rings (SSSR count). The lowest BCUT2D eigenvalue weighted by Gasteiger charge is -2.27. The van der Waals surface area contributed by atoms with E-state index in [-0.39, 0.29) is 6.10 Å². The van der Waals surface area contributed by atoms with E-state index in [0.29, 0.717) is 24.9 Å². The summed E-state index contributed by atoms with van der Waals surface area (Å²) >= 11 is 0. The van der Waals surface area contributed by atoms with Crippen LogP contribution in [0.25, 0.3) is 0 Å². The monoisotopic (exact) mass is 219 g/mol. The molecular weight excluding hydrogens is 202 g/mol. The van der Waals surface area contributed by atoms with Crippen molar-refractivity contribution in [2.45, 2.75) is 25.4 Å². The van der Waals surface area contributed by atoms with Crippen molar-refractivity contribution in [1.82, 2.24) is 4.31 Å². The zero-order chi connectivity index (χ0) is 10.3. The van der Waals surface area contributed by atoms with Gasteiger partial charge in [-0.25, -0.2) is 12.7 Å². The van der Waals surface area contributed by atoms with Crippen molar-refractivity contribution in [3.05, 3.63) is 0 Å². The molecule has 0 radical (unpaired) electrons. The molecule has 1 saturated heterocycles. The highest BCUT2D eigenvalue weighted by molar-refractivity contribution is 7.88. The van der Waals surface area contributed by atoms with Crippen molar-refractivity contribution in [2.24, 2.45) is 11.8 Å². The van der Waals surface area contributed by atoms with Crippen molar-refractivity contribution in [3.63, 3.8) is 0 Å². The highest BCUT2D eigenvalue weighted by atomic mass is 32.2. The molecule has 0 spiro atoms. The van der Waals surface area contributed by atoms with E-state index in [4.69, 9.17) is 0 Å². The molecule has 0 bridgehead atoms. The molecule has 0 aromatic rings. The Bertz CT molecular complexity index is 314. The Morgan fingerprint density at radius 3 is 2.50 bits per heavy atom. The minimum absolute atomic E-state index is 0.212. The predicted octanol–water partition coefficient (Wildman–Crippen LogP) is 0.0388. The van der Waals surface area contributed by atoms with Gasteiger partial charge < -0.3 is 5.11 Å². The van der Waals surface area contributed by atoms with Crippen LogP contribution in [0.3, 0.4) is 0 Å². The topological polar surface area (TPSA) is 57.6 Å². The average Bonchev–Trinajstić information content (AvgIpc) is 2.45. The molecule has 3 unspecified atom stereocenters. The first-order chi connectivity index (χ1) is 6.47. The van der Waals surface area contributed by atoms with Gasteiger partial charge in [0, 0.05) is 13.1 Å². The summed E-state index contributed by atoms with van der Waals surface area (Å²) in [5.41, 5.74) is 0. The molecule has 14 heavy (non-hydrogen) atoms. The van der Waals surface area contributed by atoms with E-state index in [1.807, 2.05) is 0 Å². The van der Waals surface area contributed by atoms with E-state index in [0.717, 1.165) is 19.3 Å². The highest BCUT2D eigenvalue weighted by Gasteiger charge is 2.40. The second-order valence-electron chi connectivity index (χ2n) is 4.57. The van der Waals surface area contributed by atoms with Crippen LogP contribution in [0.4, 0.5) is 0 Å². The Kier molecular flexibility index (Phi) is 2.57. The largest absolute Gasteiger partial charge is 0.393 e. The first-order valence-electron chi connectivity index (χ1n) is 5.10. The van der Waals surface area contributed by atoms with E-state index in [2.05, 4.69) is 0 Å². The van der Waals surface area contributed by atoms with Gasteiger partial charge in [-0.1, -0.05) is 0 Å². The van der Waals surface area contributed by atoms with Gasteiger partial charge in [0.25, 0.3) is 0 Å². The zero-order valence-corrected chi connectivity index (χ0v) is 9.20. The number of hydrogen-bond acceptors (Lipinski definition) is 3. The number of nitrogens with zero attached hydrogens (tertiary/aromatic N) is 1. The first kappa shape index (κ1) is 10.4. The molecule has 2 fully saturated rings. The zero-order valence-electron chi connectivity index (χ0n) is 8.39. The average molecular weight is 219 g/mol. The minimum atomic E-state index is -3.03. The van der Waals surface area contributed by atoms with Crippen LogP contribution in [0, 0.1) is 11.8 Å². The number of rotatable bonds is 1. The fraction of sp³-hybridized carbons (Fsp3) is 1.00. The molecule has 3 atom stereocenters. The van der Waals surface area contributed by atoms with E-state index < -0.39 is 10.0 Å². The van der Waals surface area contributed by atoms with Crippen molar-refractivity contribution >= 4 is 10.0 Å². The normalized spacial score (nSPS) is 39.7. The predicted molar refractivity (Wildman–Crippen MR) is 53.3 cm³/mol. The molecule has 0 aromatic carbocycles. The van der Waals surface area contributed by atoms with E-state index in [9.17, 15) is 13.5 Å². The van der Waals surface area contributed by atoms with Crippen LogP contribution in [-0.2, 0) is 10.0 Å². The highest BCUT2D eigenvalue weighted by Crippen LogP contribution is 2.36. The van der Waals surface area contributed by atoms with Gasteiger partial charge in [0.2, 0.25) is 10.0 Å². The van der Waals surface area contributed by atoms with Crippen LogP contribution in [0.2, 0.25) is 0 Å². The molecule has 0 amide bonds. The van der Waals surface area contributed by atoms with Crippen LogP contribution < -0.4 is 0 Å². The summed E-state index contributed by atoms with van der Waals surface area (Å²) in [6.45, 7) is 1.27. The third kappa shape index (κ3) is 1.94. The summed E-state index contributed by atoms with van der Waals surface area (Å²) in [5, 5.41) is 9.48. The Hall–Kier alpha value is -0.130.